The summed E-state index contributed by atoms with van der Waals surface area (Å²) in [6.45, 7) is 2.43. The molecule has 0 saturated heterocycles. The third-order valence-electron chi connectivity index (χ3n) is 3.02. The Morgan fingerprint density at radius 1 is 1.11 bits per heavy atom. The van der Waals surface area contributed by atoms with E-state index in [4.69, 9.17) is 9.47 Å². The van der Waals surface area contributed by atoms with Crippen LogP contribution >= 0.6 is 22.6 Å². The number of ether oxygens (including phenoxy) is 2. The largest absolute Gasteiger partial charge is 0.494 e. The molecule has 4 heteroatoms. The van der Waals surface area contributed by atoms with Gasteiger partial charge in [-0.2, -0.15) is 0 Å². The monoisotopic (exact) mass is 373 g/mol. The van der Waals surface area contributed by atoms with Crippen molar-refractivity contribution in [2.75, 3.05) is 19.8 Å². The first kappa shape index (κ1) is 14.6. The topological polar surface area (TPSA) is 30.8 Å². The van der Waals surface area contributed by atoms with Gasteiger partial charge in [0.1, 0.15) is 12.4 Å². The summed E-state index contributed by atoms with van der Waals surface area (Å²) in [5.41, 5.74) is 0. The van der Waals surface area contributed by atoms with Gasteiger partial charge in [0.2, 0.25) is 0 Å². The van der Waals surface area contributed by atoms with Gasteiger partial charge in [0.15, 0.2) is 5.90 Å². The van der Waals surface area contributed by atoms with Crippen LogP contribution in [0.5, 0.6) is 5.75 Å². The summed E-state index contributed by atoms with van der Waals surface area (Å²) >= 11 is 2.30. The van der Waals surface area contributed by atoms with Gasteiger partial charge in [0.05, 0.1) is 13.2 Å². The summed E-state index contributed by atoms with van der Waals surface area (Å²) in [6.07, 6.45) is 5.70. The quantitative estimate of drug-likeness (QED) is 0.509. The van der Waals surface area contributed by atoms with E-state index in [9.17, 15) is 0 Å². The molecule has 0 aliphatic carbocycles. The van der Waals surface area contributed by atoms with Crippen molar-refractivity contribution in [3.8, 4) is 5.75 Å². The molecule has 1 aromatic carbocycles. The number of hydrogen-bond acceptors (Lipinski definition) is 3. The van der Waals surface area contributed by atoms with Gasteiger partial charge in [0.25, 0.3) is 0 Å². The van der Waals surface area contributed by atoms with Crippen molar-refractivity contribution >= 4 is 28.5 Å². The van der Waals surface area contributed by atoms with Crippen LogP contribution in [0.2, 0.25) is 0 Å². The average molecular weight is 373 g/mol. The zero-order valence-electron chi connectivity index (χ0n) is 11.1. The molecule has 1 aliphatic rings. The molecule has 19 heavy (non-hydrogen) atoms. The Bertz CT molecular complexity index is 403. The first-order valence-electron chi connectivity index (χ1n) is 6.89. The summed E-state index contributed by atoms with van der Waals surface area (Å²) in [7, 11) is 0. The van der Waals surface area contributed by atoms with Crippen LogP contribution in [0.25, 0.3) is 0 Å². The zero-order valence-corrected chi connectivity index (χ0v) is 13.3. The van der Waals surface area contributed by atoms with Gasteiger partial charge in [-0.1, -0.05) is 12.8 Å². The summed E-state index contributed by atoms with van der Waals surface area (Å²) in [5.74, 6) is 1.92. The highest BCUT2D eigenvalue weighted by atomic mass is 127. The van der Waals surface area contributed by atoms with Crippen molar-refractivity contribution in [1.82, 2.24) is 0 Å². The fourth-order valence-electron chi connectivity index (χ4n) is 1.98. The molecule has 1 heterocycles. The van der Waals surface area contributed by atoms with Crippen LogP contribution in [-0.4, -0.2) is 25.7 Å². The highest BCUT2D eigenvalue weighted by molar-refractivity contribution is 14.1. The van der Waals surface area contributed by atoms with Crippen LogP contribution in [0.4, 0.5) is 0 Å². The minimum Gasteiger partial charge on any atom is -0.494 e. The molecule has 0 atom stereocenters. The first-order chi connectivity index (χ1) is 9.34. The first-order valence-corrected chi connectivity index (χ1v) is 7.97. The number of hydrogen-bond donors (Lipinski definition) is 0. The van der Waals surface area contributed by atoms with Crippen LogP contribution in [-0.2, 0) is 4.74 Å². The van der Waals surface area contributed by atoms with E-state index in [0.29, 0.717) is 0 Å². The Labute approximate surface area is 128 Å². The highest BCUT2D eigenvalue weighted by Gasteiger charge is 2.05. The molecule has 0 fully saturated rings. The molecule has 3 nitrogen and oxygen atoms in total. The minimum atomic E-state index is 0.777. The maximum atomic E-state index is 5.69. The SMILES string of the molecule is Ic1ccc(OCCCCCCC2=NCCO2)cc1. The molecular formula is C15H20INO2. The second-order valence-electron chi connectivity index (χ2n) is 4.59. The predicted molar refractivity (Wildman–Crippen MR) is 86.0 cm³/mol. The van der Waals surface area contributed by atoms with Gasteiger partial charge in [-0.05, 0) is 59.7 Å². The molecule has 0 amide bonds. The number of aliphatic imine (C=N–C) groups is 1. The normalized spacial score (nSPS) is 14.1. The van der Waals surface area contributed by atoms with E-state index in [-0.39, 0.29) is 0 Å². The van der Waals surface area contributed by atoms with E-state index in [0.717, 1.165) is 44.2 Å². The Hall–Kier alpha value is -0.780. The number of benzene rings is 1. The van der Waals surface area contributed by atoms with E-state index in [1.165, 1.54) is 22.8 Å². The van der Waals surface area contributed by atoms with E-state index in [2.05, 4.69) is 39.7 Å². The zero-order chi connectivity index (χ0) is 13.3. The molecule has 0 radical (unpaired) electrons. The van der Waals surface area contributed by atoms with Crippen LogP contribution in [0.1, 0.15) is 32.1 Å². The molecule has 0 saturated carbocycles. The van der Waals surface area contributed by atoms with Crippen molar-refractivity contribution in [2.45, 2.75) is 32.1 Å². The van der Waals surface area contributed by atoms with Gasteiger partial charge in [-0.15, -0.1) is 0 Å². The lowest BCUT2D eigenvalue weighted by molar-refractivity contribution is 0.304. The number of halogens is 1. The van der Waals surface area contributed by atoms with Crippen molar-refractivity contribution in [3.05, 3.63) is 27.8 Å². The molecule has 0 unspecified atom stereocenters. The van der Waals surface area contributed by atoms with Gasteiger partial charge in [0, 0.05) is 9.99 Å². The maximum absolute atomic E-state index is 5.69. The Morgan fingerprint density at radius 2 is 1.89 bits per heavy atom. The lowest BCUT2D eigenvalue weighted by Gasteiger charge is -2.06. The third-order valence-corrected chi connectivity index (χ3v) is 3.73. The molecule has 0 bridgehead atoms. The fourth-order valence-corrected chi connectivity index (χ4v) is 2.34. The average Bonchev–Trinajstić information content (AvgIpc) is 2.93. The smallest absolute Gasteiger partial charge is 0.183 e. The summed E-state index contributed by atoms with van der Waals surface area (Å²) in [6, 6.07) is 8.19. The number of rotatable bonds is 8. The predicted octanol–water partition coefficient (Wildman–Crippen LogP) is 4.05. The van der Waals surface area contributed by atoms with E-state index >= 15 is 0 Å². The van der Waals surface area contributed by atoms with Crippen LogP contribution in [0, 0.1) is 3.57 Å². The van der Waals surface area contributed by atoms with Gasteiger partial charge < -0.3 is 9.47 Å². The summed E-state index contributed by atoms with van der Waals surface area (Å²) < 4.78 is 12.3. The van der Waals surface area contributed by atoms with Gasteiger partial charge >= 0.3 is 0 Å². The van der Waals surface area contributed by atoms with E-state index in [1.54, 1.807) is 0 Å². The molecule has 104 valence electrons. The Morgan fingerprint density at radius 3 is 2.63 bits per heavy atom. The van der Waals surface area contributed by atoms with E-state index in [1.807, 2.05) is 12.1 Å². The fraction of sp³-hybridized carbons (Fsp3) is 0.533. The lowest BCUT2D eigenvalue weighted by atomic mass is 10.1. The van der Waals surface area contributed by atoms with E-state index < -0.39 is 0 Å². The molecule has 1 aliphatic heterocycles. The molecule has 0 aromatic heterocycles. The van der Waals surface area contributed by atoms with Gasteiger partial charge in [-0.3, -0.25) is 4.99 Å². The minimum absolute atomic E-state index is 0.777. The molecule has 2 rings (SSSR count). The maximum Gasteiger partial charge on any atom is 0.183 e. The van der Waals surface area contributed by atoms with Crippen LogP contribution < -0.4 is 4.74 Å². The summed E-state index contributed by atoms with van der Waals surface area (Å²) in [4.78, 5) is 4.29. The number of unbranched alkanes of at least 4 members (excludes halogenated alkanes) is 3. The second kappa shape index (κ2) is 8.40. The van der Waals surface area contributed by atoms with Crippen molar-refractivity contribution in [2.24, 2.45) is 4.99 Å². The standard InChI is InChI=1S/C15H20INO2/c16-13-6-8-14(9-7-13)18-11-4-2-1-3-5-15-17-10-12-19-15/h6-9H,1-5,10-12H2. The Kier molecular flexibility index (Phi) is 6.47. The second-order valence-corrected chi connectivity index (χ2v) is 5.84. The molecule has 1 aromatic rings. The van der Waals surface area contributed by atoms with Crippen molar-refractivity contribution < 1.29 is 9.47 Å². The molecule has 0 spiro atoms. The summed E-state index contributed by atoms with van der Waals surface area (Å²) in [5, 5.41) is 0. The lowest BCUT2D eigenvalue weighted by Crippen LogP contribution is -1.99. The Balaban J connectivity index is 1.47. The third kappa shape index (κ3) is 5.80. The van der Waals surface area contributed by atoms with Gasteiger partial charge in [-0.25, -0.2) is 0 Å². The highest BCUT2D eigenvalue weighted by Crippen LogP contribution is 2.14. The molecular weight excluding hydrogens is 353 g/mol. The number of nitrogens with zero attached hydrogens (tertiary/aromatic N) is 1. The van der Waals surface area contributed by atoms with Crippen molar-refractivity contribution in [3.63, 3.8) is 0 Å². The van der Waals surface area contributed by atoms with Crippen LogP contribution in [0.15, 0.2) is 29.3 Å². The molecule has 0 N–H and O–H groups in total. The van der Waals surface area contributed by atoms with Crippen molar-refractivity contribution in [1.29, 1.82) is 0 Å². The van der Waals surface area contributed by atoms with Crippen LogP contribution in [0.3, 0.4) is 0 Å².